The van der Waals surface area contributed by atoms with Gasteiger partial charge in [-0.15, -0.1) is 0 Å². The van der Waals surface area contributed by atoms with Gasteiger partial charge in [-0.2, -0.15) is 17.6 Å². The second-order valence-corrected chi connectivity index (χ2v) is 10.7. The summed E-state index contributed by atoms with van der Waals surface area (Å²) < 4.78 is 106. The molecule has 0 bridgehead atoms. The first-order valence-electron chi connectivity index (χ1n) is 10.5. The summed E-state index contributed by atoms with van der Waals surface area (Å²) in [4.78, 5) is 17.0. The van der Waals surface area contributed by atoms with Crippen molar-refractivity contribution in [3.05, 3.63) is 47.7 Å². The van der Waals surface area contributed by atoms with E-state index >= 15 is 0 Å². The number of amides is 1. The maximum atomic E-state index is 14.4. The largest absolute Gasteiger partial charge is 0.493 e. The number of halogens is 5. The van der Waals surface area contributed by atoms with Crippen molar-refractivity contribution in [2.24, 2.45) is 5.92 Å². The predicted molar refractivity (Wildman–Crippen MR) is 118 cm³/mol. The molecular weight excluding hydrogens is 513 g/mol. The normalized spacial score (nSPS) is 24.7. The van der Waals surface area contributed by atoms with Crippen LogP contribution < -0.4 is 10.1 Å². The number of hydrogen-bond acceptors (Lipinski definition) is 6. The van der Waals surface area contributed by atoms with Crippen molar-refractivity contribution < 1.29 is 44.6 Å². The average Bonchev–Trinajstić information content (AvgIpc) is 3.07. The highest BCUT2D eigenvalue weighted by Crippen LogP contribution is 2.55. The van der Waals surface area contributed by atoms with Crippen LogP contribution in [0.2, 0.25) is 0 Å². The molecule has 0 aliphatic carbocycles. The molecule has 2 aromatic rings. The van der Waals surface area contributed by atoms with E-state index in [1.165, 1.54) is 27.1 Å². The number of nitrogens with one attached hydrogen (secondary N) is 1. The Morgan fingerprint density at radius 3 is 2.42 bits per heavy atom. The Bertz CT molecular complexity index is 1270. The molecule has 1 aliphatic heterocycles. The van der Waals surface area contributed by atoms with Gasteiger partial charge in [0.15, 0.2) is 22.2 Å². The minimum absolute atomic E-state index is 0.0803. The van der Waals surface area contributed by atoms with Gasteiger partial charge in [0, 0.05) is 49.4 Å². The molecule has 1 N–H and O–H groups in total. The van der Waals surface area contributed by atoms with Gasteiger partial charge < -0.3 is 14.8 Å². The van der Waals surface area contributed by atoms with E-state index in [1.807, 2.05) is 0 Å². The number of sulfonamides is 1. The Kier molecular flexibility index (Phi) is 7.37. The molecule has 1 aromatic carbocycles. The van der Waals surface area contributed by atoms with Gasteiger partial charge in [-0.25, -0.2) is 22.1 Å². The summed E-state index contributed by atoms with van der Waals surface area (Å²) in [6, 6.07) is 4.03. The van der Waals surface area contributed by atoms with Gasteiger partial charge in [-0.1, -0.05) is 13.0 Å². The van der Waals surface area contributed by atoms with Crippen molar-refractivity contribution in [1.29, 1.82) is 0 Å². The van der Waals surface area contributed by atoms with E-state index in [2.05, 4.69) is 10.3 Å². The van der Waals surface area contributed by atoms with E-state index in [9.17, 15) is 35.2 Å². The van der Waals surface area contributed by atoms with E-state index in [0.717, 1.165) is 42.7 Å². The SMILES string of the molecule is COc1c([C@@H]2[C@@H](C(=O)Nc3ccnc(S(=O)(=O)N(C)C)c3)O[C@](C)(C(F)(F)F)[C@@H]2C)ccc(F)c1F. The summed E-state index contributed by atoms with van der Waals surface area (Å²) in [6.45, 7) is 1.94. The molecule has 0 spiro atoms. The molecule has 198 valence electrons. The lowest BCUT2D eigenvalue weighted by molar-refractivity contribution is -0.272. The Morgan fingerprint density at radius 2 is 1.86 bits per heavy atom. The summed E-state index contributed by atoms with van der Waals surface area (Å²) in [5, 5.41) is 1.93. The number of anilines is 1. The number of carbonyl (C=O) groups excluding carboxylic acids is 1. The van der Waals surface area contributed by atoms with E-state index in [-0.39, 0.29) is 11.3 Å². The molecule has 4 atom stereocenters. The molecule has 0 saturated carbocycles. The van der Waals surface area contributed by atoms with Crippen LogP contribution >= 0.6 is 0 Å². The highest BCUT2D eigenvalue weighted by atomic mass is 32.2. The highest BCUT2D eigenvalue weighted by molar-refractivity contribution is 7.89. The first kappa shape index (κ1) is 27.7. The molecule has 0 unspecified atom stereocenters. The average molecular weight is 538 g/mol. The van der Waals surface area contributed by atoms with Crippen molar-refractivity contribution in [2.45, 2.75) is 42.7 Å². The number of ether oxygens (including phenoxy) is 2. The van der Waals surface area contributed by atoms with Crippen LogP contribution in [0.25, 0.3) is 0 Å². The van der Waals surface area contributed by atoms with Crippen LogP contribution in [0.4, 0.5) is 27.6 Å². The Labute approximate surface area is 204 Å². The lowest BCUT2D eigenvalue weighted by Crippen LogP contribution is -2.47. The molecule has 3 rings (SSSR count). The topological polar surface area (TPSA) is 97.8 Å². The van der Waals surface area contributed by atoms with Crippen LogP contribution in [0.5, 0.6) is 5.75 Å². The number of benzene rings is 1. The zero-order chi connectivity index (χ0) is 27.2. The van der Waals surface area contributed by atoms with Gasteiger partial charge in [0.2, 0.25) is 5.82 Å². The molecule has 1 fully saturated rings. The minimum atomic E-state index is -4.92. The monoisotopic (exact) mass is 537 g/mol. The quantitative estimate of drug-likeness (QED) is 0.565. The number of hydrogen-bond donors (Lipinski definition) is 1. The summed E-state index contributed by atoms with van der Waals surface area (Å²) in [5.41, 5.74) is -3.10. The smallest absolute Gasteiger partial charge is 0.417 e. The van der Waals surface area contributed by atoms with Crippen LogP contribution in [-0.4, -0.2) is 62.7 Å². The zero-order valence-corrected chi connectivity index (χ0v) is 20.7. The fraction of sp³-hybridized carbons (Fsp3) is 0.455. The van der Waals surface area contributed by atoms with E-state index in [0.29, 0.717) is 0 Å². The summed E-state index contributed by atoms with van der Waals surface area (Å²) in [5.74, 6) is -7.26. The van der Waals surface area contributed by atoms with Gasteiger partial charge in [0.25, 0.3) is 15.9 Å². The molecule has 2 heterocycles. The van der Waals surface area contributed by atoms with Crippen LogP contribution in [0.15, 0.2) is 35.5 Å². The second kappa shape index (κ2) is 9.56. The third-order valence-electron chi connectivity index (χ3n) is 6.32. The number of pyridine rings is 1. The lowest BCUT2D eigenvalue weighted by Gasteiger charge is -2.32. The molecule has 1 saturated heterocycles. The highest BCUT2D eigenvalue weighted by Gasteiger charge is 2.65. The van der Waals surface area contributed by atoms with Gasteiger partial charge in [-0.3, -0.25) is 4.79 Å². The van der Waals surface area contributed by atoms with Crippen molar-refractivity contribution in [3.63, 3.8) is 0 Å². The Morgan fingerprint density at radius 1 is 1.22 bits per heavy atom. The third kappa shape index (κ3) is 4.64. The number of nitrogens with zero attached hydrogens (tertiary/aromatic N) is 2. The summed E-state index contributed by atoms with van der Waals surface area (Å²) in [6.07, 6.45) is -5.65. The van der Waals surface area contributed by atoms with Crippen molar-refractivity contribution in [2.75, 3.05) is 26.5 Å². The second-order valence-electron chi connectivity index (χ2n) is 8.60. The van der Waals surface area contributed by atoms with Crippen LogP contribution in [-0.2, 0) is 19.6 Å². The van der Waals surface area contributed by atoms with E-state index < -0.39 is 68.1 Å². The number of methoxy groups -OCH3 is 1. The number of alkyl halides is 3. The number of aromatic nitrogens is 1. The lowest BCUT2D eigenvalue weighted by atomic mass is 9.77. The number of carbonyl (C=O) groups is 1. The van der Waals surface area contributed by atoms with Gasteiger partial charge >= 0.3 is 6.18 Å². The van der Waals surface area contributed by atoms with Gasteiger partial charge in [0.1, 0.15) is 6.10 Å². The van der Waals surface area contributed by atoms with Crippen molar-refractivity contribution >= 4 is 21.6 Å². The molecule has 14 heteroatoms. The van der Waals surface area contributed by atoms with Gasteiger partial charge in [0.05, 0.1) is 7.11 Å². The molecular formula is C22H24F5N3O5S. The molecule has 1 amide bonds. The molecule has 1 aliphatic rings. The van der Waals surface area contributed by atoms with Crippen LogP contribution in [0.3, 0.4) is 0 Å². The van der Waals surface area contributed by atoms with E-state index in [4.69, 9.17) is 9.47 Å². The summed E-state index contributed by atoms with van der Waals surface area (Å²) in [7, 11) is -0.415. The Hall–Kier alpha value is -2.84. The zero-order valence-electron chi connectivity index (χ0n) is 19.9. The standard InChI is InChI=1S/C22H24F5N3O5S/c1-11-16(13-6-7-14(23)17(24)18(13)34-5)19(35-21(11,2)22(25,26)27)20(31)29-12-8-9-28-15(10-12)36(32,33)30(3)4/h6-11,16,19H,1-5H3,(H,28,29,31)/t11-,16-,19+,21+/m1/s1. The third-order valence-corrected chi connectivity index (χ3v) is 8.03. The number of rotatable bonds is 6. The van der Waals surface area contributed by atoms with Crippen LogP contribution in [0, 0.1) is 17.6 Å². The van der Waals surface area contributed by atoms with Crippen LogP contribution in [0.1, 0.15) is 25.3 Å². The maximum absolute atomic E-state index is 14.4. The molecule has 8 nitrogen and oxygen atoms in total. The fourth-order valence-corrected chi connectivity index (χ4v) is 4.91. The molecule has 36 heavy (non-hydrogen) atoms. The van der Waals surface area contributed by atoms with Crippen molar-refractivity contribution in [1.82, 2.24) is 9.29 Å². The summed E-state index contributed by atoms with van der Waals surface area (Å²) >= 11 is 0. The van der Waals surface area contributed by atoms with Gasteiger partial charge in [-0.05, 0) is 19.1 Å². The molecule has 0 radical (unpaired) electrons. The predicted octanol–water partition coefficient (Wildman–Crippen LogP) is 3.70. The van der Waals surface area contributed by atoms with Crippen molar-refractivity contribution in [3.8, 4) is 5.75 Å². The molecule has 1 aromatic heterocycles. The first-order valence-corrected chi connectivity index (χ1v) is 12.0. The fourth-order valence-electron chi connectivity index (χ4n) is 4.07. The van der Waals surface area contributed by atoms with E-state index in [1.54, 1.807) is 0 Å². The Balaban J connectivity index is 2.07. The maximum Gasteiger partial charge on any atom is 0.417 e. The minimum Gasteiger partial charge on any atom is -0.493 e. The first-order chi connectivity index (χ1) is 16.6.